The van der Waals surface area contributed by atoms with Crippen molar-refractivity contribution < 1.29 is 19.1 Å². The highest BCUT2D eigenvalue weighted by Gasteiger charge is 2.15. The Bertz CT molecular complexity index is 434. The van der Waals surface area contributed by atoms with Crippen LogP contribution in [-0.4, -0.2) is 23.5 Å². The zero-order chi connectivity index (χ0) is 13.5. The van der Waals surface area contributed by atoms with Crippen molar-refractivity contribution in [3.05, 3.63) is 35.6 Å². The first-order valence-corrected chi connectivity index (χ1v) is 5.79. The van der Waals surface area contributed by atoms with E-state index in [0.717, 1.165) is 0 Å². The topological polar surface area (TPSA) is 66.4 Å². The number of nitrogens with one attached hydrogen (secondary N) is 1. The van der Waals surface area contributed by atoms with Gasteiger partial charge in [0.2, 0.25) is 0 Å². The second-order valence-corrected chi connectivity index (χ2v) is 4.06. The molecule has 1 atom stereocenters. The lowest BCUT2D eigenvalue weighted by atomic mass is 10.0. The maximum atomic E-state index is 13.3. The molecule has 0 bridgehead atoms. The second-order valence-electron chi connectivity index (χ2n) is 4.06. The zero-order valence-electron chi connectivity index (χ0n) is 10.1. The van der Waals surface area contributed by atoms with E-state index in [2.05, 4.69) is 5.32 Å². The van der Waals surface area contributed by atoms with Gasteiger partial charge in [-0.15, -0.1) is 0 Å². The van der Waals surface area contributed by atoms with Crippen molar-refractivity contribution in [1.82, 2.24) is 5.32 Å². The molecule has 0 saturated heterocycles. The minimum Gasteiger partial charge on any atom is -0.481 e. The highest BCUT2D eigenvalue weighted by Crippen LogP contribution is 2.09. The highest BCUT2D eigenvalue weighted by molar-refractivity contribution is 5.94. The van der Waals surface area contributed by atoms with Gasteiger partial charge in [-0.25, -0.2) is 4.39 Å². The minimum absolute atomic E-state index is 0.00590. The summed E-state index contributed by atoms with van der Waals surface area (Å²) in [6.45, 7) is 2.08. The summed E-state index contributed by atoms with van der Waals surface area (Å²) in [7, 11) is 0. The van der Waals surface area contributed by atoms with E-state index in [1.54, 1.807) is 6.07 Å². The lowest BCUT2D eigenvalue weighted by Crippen LogP contribution is -2.30. The van der Waals surface area contributed by atoms with Crippen LogP contribution in [0.5, 0.6) is 0 Å². The summed E-state index contributed by atoms with van der Waals surface area (Å²) in [6.07, 6.45) is 0.637. The smallest absolute Gasteiger partial charge is 0.303 e. The van der Waals surface area contributed by atoms with Crippen LogP contribution in [0.25, 0.3) is 0 Å². The van der Waals surface area contributed by atoms with Gasteiger partial charge >= 0.3 is 5.97 Å². The lowest BCUT2D eigenvalue weighted by molar-refractivity contribution is -0.138. The molecule has 5 heteroatoms. The van der Waals surface area contributed by atoms with Gasteiger partial charge in [-0.1, -0.05) is 25.5 Å². The van der Waals surface area contributed by atoms with Crippen LogP contribution < -0.4 is 5.32 Å². The number of carbonyl (C=O) groups is 2. The summed E-state index contributed by atoms with van der Waals surface area (Å²) in [5, 5.41) is 11.2. The standard InChI is InChI=1S/C13H16FNO3/c1-2-9(7-12(16)17)8-15-13(18)10-5-3-4-6-11(10)14/h3-6,9H,2,7-8H2,1H3,(H,15,18)(H,16,17). The molecule has 0 radical (unpaired) electrons. The number of benzene rings is 1. The van der Waals surface area contributed by atoms with Gasteiger partial charge < -0.3 is 10.4 Å². The quantitative estimate of drug-likeness (QED) is 0.815. The number of aliphatic carboxylic acids is 1. The molecule has 0 heterocycles. The molecule has 1 aromatic rings. The van der Waals surface area contributed by atoms with Crippen molar-refractivity contribution in [2.75, 3.05) is 6.54 Å². The minimum atomic E-state index is -0.901. The van der Waals surface area contributed by atoms with Crippen molar-refractivity contribution in [1.29, 1.82) is 0 Å². The number of halogens is 1. The van der Waals surface area contributed by atoms with Crippen LogP contribution in [0.1, 0.15) is 30.1 Å². The van der Waals surface area contributed by atoms with Crippen LogP contribution in [0, 0.1) is 11.7 Å². The summed E-state index contributed by atoms with van der Waals surface area (Å²) >= 11 is 0. The normalized spacial score (nSPS) is 11.9. The van der Waals surface area contributed by atoms with Gasteiger partial charge in [0, 0.05) is 13.0 Å². The number of hydrogen-bond acceptors (Lipinski definition) is 2. The van der Waals surface area contributed by atoms with Crippen LogP contribution in [0.3, 0.4) is 0 Å². The third kappa shape index (κ3) is 4.16. The molecule has 4 nitrogen and oxygen atoms in total. The van der Waals surface area contributed by atoms with Crippen LogP contribution in [0.15, 0.2) is 24.3 Å². The molecule has 0 aliphatic rings. The largest absolute Gasteiger partial charge is 0.481 e. The summed E-state index contributed by atoms with van der Waals surface area (Å²) < 4.78 is 13.3. The fraction of sp³-hybridized carbons (Fsp3) is 0.385. The molecule has 1 aromatic carbocycles. The molecule has 2 N–H and O–H groups in total. The number of carboxylic acid groups (broad SMARTS) is 1. The molecular formula is C13H16FNO3. The fourth-order valence-corrected chi connectivity index (χ4v) is 1.59. The third-order valence-electron chi connectivity index (χ3n) is 2.71. The average Bonchev–Trinajstić information content (AvgIpc) is 2.34. The maximum absolute atomic E-state index is 13.3. The molecular weight excluding hydrogens is 237 g/mol. The zero-order valence-corrected chi connectivity index (χ0v) is 10.1. The van der Waals surface area contributed by atoms with Crippen LogP contribution in [0.4, 0.5) is 4.39 Å². The van der Waals surface area contributed by atoms with E-state index in [9.17, 15) is 14.0 Å². The van der Waals surface area contributed by atoms with Crippen LogP contribution in [0.2, 0.25) is 0 Å². The first kappa shape index (κ1) is 14.2. The lowest BCUT2D eigenvalue weighted by Gasteiger charge is -2.13. The molecule has 0 aliphatic carbocycles. The average molecular weight is 253 g/mol. The van der Waals surface area contributed by atoms with Gasteiger partial charge in [0.05, 0.1) is 5.56 Å². The number of rotatable bonds is 6. The Morgan fingerprint density at radius 3 is 2.61 bits per heavy atom. The fourth-order valence-electron chi connectivity index (χ4n) is 1.59. The Morgan fingerprint density at radius 1 is 1.39 bits per heavy atom. The number of carbonyl (C=O) groups excluding carboxylic acids is 1. The van der Waals surface area contributed by atoms with E-state index >= 15 is 0 Å². The van der Waals surface area contributed by atoms with E-state index in [0.29, 0.717) is 6.42 Å². The second kappa shape index (κ2) is 6.74. The summed E-state index contributed by atoms with van der Waals surface area (Å²) in [5.74, 6) is -2.14. The molecule has 98 valence electrons. The molecule has 0 fully saturated rings. The van der Waals surface area contributed by atoms with Gasteiger partial charge in [0.25, 0.3) is 5.91 Å². The number of hydrogen-bond donors (Lipinski definition) is 2. The van der Waals surface area contributed by atoms with E-state index < -0.39 is 17.7 Å². The molecule has 1 amide bonds. The Labute approximate surface area is 105 Å². The van der Waals surface area contributed by atoms with Crippen molar-refractivity contribution in [2.45, 2.75) is 19.8 Å². The number of carboxylic acids is 1. The van der Waals surface area contributed by atoms with Gasteiger partial charge in [-0.05, 0) is 18.1 Å². The van der Waals surface area contributed by atoms with E-state index in [1.165, 1.54) is 18.2 Å². The third-order valence-corrected chi connectivity index (χ3v) is 2.71. The molecule has 0 saturated carbocycles. The van der Waals surface area contributed by atoms with E-state index in [-0.39, 0.29) is 24.4 Å². The van der Waals surface area contributed by atoms with Gasteiger partial charge in [0.15, 0.2) is 0 Å². The predicted octanol–water partition coefficient (Wildman–Crippen LogP) is 2.06. The van der Waals surface area contributed by atoms with Crippen molar-refractivity contribution in [2.24, 2.45) is 5.92 Å². The molecule has 1 rings (SSSR count). The van der Waals surface area contributed by atoms with Gasteiger partial charge in [-0.2, -0.15) is 0 Å². The van der Waals surface area contributed by atoms with Crippen molar-refractivity contribution in [3.63, 3.8) is 0 Å². The summed E-state index contributed by atoms with van der Waals surface area (Å²) in [4.78, 5) is 22.2. The van der Waals surface area contributed by atoms with Crippen LogP contribution in [-0.2, 0) is 4.79 Å². The Hall–Kier alpha value is -1.91. The number of amides is 1. The molecule has 0 aromatic heterocycles. The summed E-state index contributed by atoms with van der Waals surface area (Å²) in [6, 6.07) is 5.68. The molecule has 0 spiro atoms. The van der Waals surface area contributed by atoms with Crippen LogP contribution >= 0.6 is 0 Å². The first-order valence-electron chi connectivity index (χ1n) is 5.79. The van der Waals surface area contributed by atoms with Gasteiger partial charge in [0.1, 0.15) is 5.82 Å². The van der Waals surface area contributed by atoms with E-state index in [1.807, 2.05) is 6.92 Å². The van der Waals surface area contributed by atoms with Gasteiger partial charge in [-0.3, -0.25) is 9.59 Å². The maximum Gasteiger partial charge on any atom is 0.303 e. The first-order chi connectivity index (χ1) is 8.54. The molecule has 1 unspecified atom stereocenters. The van der Waals surface area contributed by atoms with Crippen molar-refractivity contribution >= 4 is 11.9 Å². The van der Waals surface area contributed by atoms with E-state index in [4.69, 9.17) is 5.11 Å². The Kier molecular flexibility index (Phi) is 5.30. The SMILES string of the molecule is CCC(CNC(=O)c1ccccc1F)CC(=O)O. The molecule has 18 heavy (non-hydrogen) atoms. The summed E-state index contributed by atoms with van der Waals surface area (Å²) in [5.41, 5.74) is -0.0253. The Morgan fingerprint density at radius 2 is 2.06 bits per heavy atom. The Balaban J connectivity index is 2.55. The molecule has 0 aliphatic heterocycles. The van der Waals surface area contributed by atoms with Crippen molar-refractivity contribution in [3.8, 4) is 0 Å². The highest BCUT2D eigenvalue weighted by atomic mass is 19.1. The predicted molar refractivity (Wildman–Crippen MR) is 64.8 cm³/mol. The monoisotopic (exact) mass is 253 g/mol.